The number of benzene rings is 10. The molecule has 0 spiro atoms. The fourth-order valence-corrected chi connectivity index (χ4v) is 10.9. The number of thiophene rings is 1. The Labute approximate surface area is 360 Å². The van der Waals surface area contributed by atoms with Crippen molar-refractivity contribution in [1.29, 1.82) is 0 Å². The largest absolute Gasteiger partial charge is 0.308 e. The van der Waals surface area contributed by atoms with Gasteiger partial charge in [-0.1, -0.05) is 182 Å². The van der Waals surface area contributed by atoms with E-state index in [-0.39, 0.29) is 0 Å². The smallest absolute Gasteiger partial charge is 0.166 e. The molecule has 4 nitrogen and oxygen atoms in total. The average Bonchev–Trinajstić information content (AvgIpc) is 3.90. The van der Waals surface area contributed by atoms with Crippen molar-refractivity contribution in [3.05, 3.63) is 206 Å². The molecule has 0 amide bonds. The third-order valence-corrected chi connectivity index (χ3v) is 13.7. The highest BCUT2D eigenvalue weighted by molar-refractivity contribution is 7.26. The standard InChI is InChI=1S/C57H34N4S/c1-3-17-35(18-4-1)55-58-56(36-19-5-2-6-20-36)60-57(59-55)49-33-47-39-23-9-7-21-37(39)38-22-8-10-24-40(38)48(47)34-51(49)61-50-31-13-11-25-41(50)43-27-15-28-44(53(43)61)46-30-16-29-45-42-26-12-14-32-52(42)62-54(45)46/h1-34H. The number of hydrogen-bond donors (Lipinski definition) is 0. The maximum absolute atomic E-state index is 5.39. The molecule has 0 saturated heterocycles. The molecule has 0 fully saturated rings. The molecule has 13 rings (SSSR count). The first-order valence-corrected chi connectivity index (χ1v) is 21.8. The first-order valence-electron chi connectivity index (χ1n) is 20.9. The zero-order valence-corrected chi connectivity index (χ0v) is 34.1. The van der Waals surface area contributed by atoms with Crippen LogP contribution in [0.2, 0.25) is 0 Å². The van der Waals surface area contributed by atoms with Crippen LogP contribution in [0.5, 0.6) is 0 Å². The predicted molar refractivity (Wildman–Crippen MR) is 261 cm³/mol. The minimum absolute atomic E-state index is 0.613. The van der Waals surface area contributed by atoms with Gasteiger partial charge in [-0.25, -0.2) is 15.0 Å². The van der Waals surface area contributed by atoms with Crippen molar-refractivity contribution in [3.63, 3.8) is 0 Å². The molecule has 0 radical (unpaired) electrons. The van der Waals surface area contributed by atoms with Crippen molar-refractivity contribution in [2.45, 2.75) is 0 Å². The van der Waals surface area contributed by atoms with Gasteiger partial charge in [0.05, 0.1) is 16.7 Å². The number of aromatic nitrogens is 4. The van der Waals surface area contributed by atoms with Gasteiger partial charge in [0.1, 0.15) is 0 Å². The van der Waals surface area contributed by atoms with E-state index in [9.17, 15) is 0 Å². The van der Waals surface area contributed by atoms with Crippen molar-refractivity contribution in [1.82, 2.24) is 19.5 Å². The van der Waals surface area contributed by atoms with E-state index in [0.29, 0.717) is 17.5 Å². The Balaban J connectivity index is 1.21. The number of para-hydroxylation sites is 2. The maximum atomic E-state index is 5.39. The number of hydrogen-bond acceptors (Lipinski definition) is 4. The summed E-state index contributed by atoms with van der Waals surface area (Å²) in [5, 5.41) is 12.1. The molecule has 10 aromatic carbocycles. The van der Waals surface area contributed by atoms with Gasteiger partial charge in [0.25, 0.3) is 0 Å². The highest BCUT2D eigenvalue weighted by Gasteiger charge is 2.24. The van der Waals surface area contributed by atoms with Gasteiger partial charge in [-0.3, -0.25) is 0 Å². The van der Waals surface area contributed by atoms with Gasteiger partial charge >= 0.3 is 0 Å². The van der Waals surface area contributed by atoms with Crippen LogP contribution < -0.4 is 0 Å². The quantitative estimate of drug-likeness (QED) is 0.163. The van der Waals surface area contributed by atoms with Crippen LogP contribution >= 0.6 is 11.3 Å². The summed E-state index contributed by atoms with van der Waals surface area (Å²) in [7, 11) is 0. The third-order valence-electron chi connectivity index (χ3n) is 12.4. The Kier molecular flexibility index (Phi) is 7.74. The summed E-state index contributed by atoms with van der Waals surface area (Å²) >= 11 is 1.87. The van der Waals surface area contributed by atoms with Gasteiger partial charge < -0.3 is 4.57 Å². The van der Waals surface area contributed by atoms with Gasteiger partial charge in [-0.05, 0) is 56.6 Å². The van der Waals surface area contributed by atoms with E-state index in [1.54, 1.807) is 0 Å². The number of nitrogens with zero attached hydrogens (tertiary/aromatic N) is 4. The van der Waals surface area contributed by atoms with Crippen LogP contribution in [-0.4, -0.2) is 19.5 Å². The minimum Gasteiger partial charge on any atom is -0.308 e. The van der Waals surface area contributed by atoms with E-state index < -0.39 is 0 Å². The lowest BCUT2D eigenvalue weighted by molar-refractivity contribution is 1.07. The highest BCUT2D eigenvalue weighted by Crippen LogP contribution is 2.47. The second-order valence-corrected chi connectivity index (χ2v) is 16.9. The highest BCUT2D eigenvalue weighted by atomic mass is 32.1. The van der Waals surface area contributed by atoms with Gasteiger partial charge in [0, 0.05) is 58.8 Å². The number of rotatable bonds is 5. The normalized spacial score (nSPS) is 11.9. The molecule has 0 aliphatic carbocycles. The summed E-state index contributed by atoms with van der Waals surface area (Å²) in [4.78, 5) is 15.9. The van der Waals surface area contributed by atoms with Crippen molar-refractivity contribution in [3.8, 4) is 51.0 Å². The van der Waals surface area contributed by atoms with Crippen molar-refractivity contribution in [2.75, 3.05) is 0 Å². The molecule has 0 N–H and O–H groups in total. The third kappa shape index (κ3) is 5.29. The maximum Gasteiger partial charge on any atom is 0.166 e. The Morgan fingerprint density at radius 2 is 0.806 bits per heavy atom. The molecule has 13 aromatic rings. The van der Waals surface area contributed by atoms with Crippen LogP contribution in [-0.2, 0) is 0 Å². The second kappa shape index (κ2) is 13.8. The fourth-order valence-electron chi connectivity index (χ4n) is 9.68. The lowest BCUT2D eigenvalue weighted by atomic mass is 9.92. The first-order chi connectivity index (χ1) is 30.8. The summed E-state index contributed by atoms with van der Waals surface area (Å²) in [6, 6.07) is 73.9. The predicted octanol–water partition coefficient (Wildman–Crippen LogP) is 15.5. The van der Waals surface area contributed by atoms with Crippen LogP contribution in [0.4, 0.5) is 0 Å². The van der Waals surface area contributed by atoms with Gasteiger partial charge in [-0.2, -0.15) is 0 Å². The molecule has 62 heavy (non-hydrogen) atoms. The lowest BCUT2D eigenvalue weighted by Crippen LogP contribution is -2.04. The Hall–Kier alpha value is -7.99. The summed E-state index contributed by atoms with van der Waals surface area (Å²) in [5.74, 6) is 1.87. The zero-order chi connectivity index (χ0) is 40.7. The topological polar surface area (TPSA) is 43.6 Å². The van der Waals surface area contributed by atoms with E-state index >= 15 is 0 Å². The molecular weight excluding hydrogens is 773 g/mol. The fraction of sp³-hybridized carbons (Fsp3) is 0. The van der Waals surface area contributed by atoms with Gasteiger partial charge in [-0.15, -0.1) is 11.3 Å². The molecule has 288 valence electrons. The van der Waals surface area contributed by atoms with Crippen LogP contribution in [0.15, 0.2) is 206 Å². The van der Waals surface area contributed by atoms with E-state index in [1.807, 2.05) is 47.7 Å². The molecule has 0 atom stereocenters. The Morgan fingerprint density at radius 1 is 0.323 bits per heavy atom. The molecule has 5 heteroatoms. The van der Waals surface area contributed by atoms with Crippen molar-refractivity contribution in [2.24, 2.45) is 0 Å². The van der Waals surface area contributed by atoms with Crippen LogP contribution in [0, 0.1) is 0 Å². The minimum atomic E-state index is 0.613. The van der Waals surface area contributed by atoms with Crippen LogP contribution in [0.1, 0.15) is 0 Å². The Bertz CT molecular complexity index is 3870. The van der Waals surface area contributed by atoms with E-state index in [0.717, 1.165) is 38.8 Å². The monoisotopic (exact) mass is 806 g/mol. The van der Waals surface area contributed by atoms with Crippen molar-refractivity contribution >= 4 is 85.6 Å². The molecule has 0 aliphatic heterocycles. The van der Waals surface area contributed by atoms with E-state index in [2.05, 4.69) is 174 Å². The van der Waals surface area contributed by atoms with Crippen molar-refractivity contribution < 1.29 is 0 Å². The van der Waals surface area contributed by atoms with Crippen LogP contribution in [0.3, 0.4) is 0 Å². The zero-order valence-electron chi connectivity index (χ0n) is 33.3. The van der Waals surface area contributed by atoms with E-state index in [1.165, 1.54) is 69.0 Å². The molecule has 0 bridgehead atoms. The average molecular weight is 807 g/mol. The summed E-state index contributed by atoms with van der Waals surface area (Å²) in [6.07, 6.45) is 0. The molecule has 0 unspecified atom stereocenters. The molecule has 3 aromatic heterocycles. The first kappa shape index (κ1) is 34.8. The Morgan fingerprint density at radius 3 is 1.47 bits per heavy atom. The lowest BCUT2D eigenvalue weighted by Gasteiger charge is -2.19. The summed E-state index contributed by atoms with van der Waals surface area (Å²) in [6.45, 7) is 0. The molecule has 0 saturated carbocycles. The second-order valence-electron chi connectivity index (χ2n) is 15.9. The summed E-state index contributed by atoms with van der Waals surface area (Å²) < 4.78 is 5.06. The molecular formula is C57H34N4S. The van der Waals surface area contributed by atoms with Gasteiger partial charge in [0.2, 0.25) is 0 Å². The number of fused-ring (bicyclic) bond motifs is 12. The van der Waals surface area contributed by atoms with Gasteiger partial charge in [0.15, 0.2) is 17.5 Å². The van der Waals surface area contributed by atoms with Crippen LogP contribution in [0.25, 0.3) is 125 Å². The SMILES string of the molecule is c1ccc(-c2nc(-c3ccccc3)nc(-c3cc4c5ccccc5c5ccccc5c4cc3-n3c4ccccc4c4cccc(-c5cccc6c5sc5ccccc56)c43)n2)cc1. The molecule has 3 heterocycles. The molecule has 0 aliphatic rings. The summed E-state index contributed by atoms with van der Waals surface area (Å²) in [5.41, 5.74) is 8.45. The van der Waals surface area contributed by atoms with E-state index in [4.69, 9.17) is 15.0 Å².